The van der Waals surface area contributed by atoms with Crippen LogP contribution in [0.3, 0.4) is 0 Å². The van der Waals surface area contributed by atoms with Gasteiger partial charge in [0.15, 0.2) is 0 Å². The van der Waals surface area contributed by atoms with Crippen molar-refractivity contribution in [3.63, 3.8) is 0 Å². The molecule has 1 nitrogen and oxygen atoms in total. The molecular formula is C6H12BNSe3. The van der Waals surface area contributed by atoms with Crippen LogP contribution in [0.15, 0.2) is 0 Å². The van der Waals surface area contributed by atoms with E-state index in [0.29, 0.717) is 0 Å². The van der Waals surface area contributed by atoms with Gasteiger partial charge >= 0.3 is 88.0 Å². The van der Waals surface area contributed by atoms with E-state index in [0.717, 1.165) is 44.3 Å². The van der Waals surface area contributed by atoms with E-state index in [2.05, 4.69) is 4.90 Å². The van der Waals surface area contributed by atoms with Gasteiger partial charge in [0.05, 0.1) is 0 Å². The van der Waals surface area contributed by atoms with Crippen LogP contribution in [0.4, 0.5) is 0 Å². The molecule has 2 bridgehead atoms. The molecule has 3 rings (SSSR count). The molecule has 0 aliphatic carbocycles. The summed E-state index contributed by atoms with van der Waals surface area (Å²) in [6.07, 6.45) is 0. The van der Waals surface area contributed by atoms with Gasteiger partial charge in [0.1, 0.15) is 0 Å². The molecule has 0 saturated carbocycles. The molecule has 3 saturated heterocycles. The normalized spacial score (nSPS) is 27.8. The molecule has 11 heavy (non-hydrogen) atoms. The minimum atomic E-state index is 1.04. The van der Waals surface area contributed by atoms with Gasteiger partial charge in [0.2, 0.25) is 0 Å². The second-order valence-corrected chi connectivity index (χ2v) is 14.9. The van der Waals surface area contributed by atoms with Crippen molar-refractivity contribution in [1.29, 1.82) is 0 Å². The molecule has 0 radical (unpaired) electrons. The van der Waals surface area contributed by atoms with E-state index in [9.17, 15) is 0 Å². The monoisotopic (exact) mass is 349 g/mol. The SMILES string of the molecule is C1CN2CC[Se]B([Se]1)[Se]CC2. The van der Waals surface area contributed by atoms with Crippen LogP contribution in [-0.2, 0) is 0 Å². The molecule has 0 atom stereocenters. The van der Waals surface area contributed by atoms with Gasteiger partial charge in [-0.15, -0.1) is 0 Å². The number of fused-ring (bicyclic) bond motifs is 6. The summed E-state index contributed by atoms with van der Waals surface area (Å²) < 4.78 is 1.28. The Hall–Kier alpha value is 1.58. The Morgan fingerprint density at radius 2 is 1.27 bits per heavy atom. The molecule has 3 fully saturated rings. The second-order valence-electron chi connectivity index (χ2n) is 2.74. The predicted molar refractivity (Wildman–Crippen MR) is 53.9 cm³/mol. The van der Waals surface area contributed by atoms with Gasteiger partial charge in [0.25, 0.3) is 0 Å². The van der Waals surface area contributed by atoms with Gasteiger partial charge in [-0.3, -0.25) is 0 Å². The molecule has 0 aromatic rings. The van der Waals surface area contributed by atoms with Crippen molar-refractivity contribution < 1.29 is 0 Å². The average molecular weight is 346 g/mol. The third-order valence-corrected chi connectivity index (χ3v) is 15.2. The molecule has 0 amide bonds. The summed E-state index contributed by atoms with van der Waals surface area (Å²) in [5.41, 5.74) is 0. The van der Waals surface area contributed by atoms with Gasteiger partial charge in [-0.25, -0.2) is 0 Å². The zero-order chi connectivity index (χ0) is 7.52. The Kier molecular flexibility index (Phi) is 3.92. The van der Waals surface area contributed by atoms with E-state index in [4.69, 9.17) is 0 Å². The van der Waals surface area contributed by atoms with E-state index in [1.54, 1.807) is 16.0 Å². The van der Waals surface area contributed by atoms with Crippen LogP contribution in [0.5, 0.6) is 0 Å². The van der Waals surface area contributed by atoms with E-state index in [-0.39, 0.29) is 0 Å². The van der Waals surface area contributed by atoms with Crippen molar-refractivity contribution in [3.05, 3.63) is 0 Å². The first-order valence-corrected chi connectivity index (χ1v) is 10.6. The summed E-state index contributed by atoms with van der Waals surface area (Å²) in [6.45, 7) is 4.30. The van der Waals surface area contributed by atoms with Crippen molar-refractivity contribution in [1.82, 2.24) is 4.90 Å². The summed E-state index contributed by atoms with van der Waals surface area (Å²) in [6, 6.07) is 0. The van der Waals surface area contributed by atoms with Crippen LogP contribution >= 0.6 is 0 Å². The molecule has 3 aliphatic heterocycles. The van der Waals surface area contributed by atoms with Crippen molar-refractivity contribution in [2.75, 3.05) is 19.6 Å². The standard InChI is InChI=1S/C6H12BNSe3/c1-4-9-7-10-5-2-8(1)3-6-11-7/h1-6H2. The number of rotatable bonds is 0. The zero-order valence-electron chi connectivity index (χ0n) is 6.49. The Labute approximate surface area is 87.5 Å². The van der Waals surface area contributed by atoms with Gasteiger partial charge in [-0.05, 0) is 0 Å². The zero-order valence-corrected chi connectivity index (χ0v) is 11.6. The molecule has 0 aromatic heterocycles. The van der Waals surface area contributed by atoms with E-state index in [1.807, 2.05) is 0 Å². The first-order valence-electron chi connectivity index (χ1n) is 4.02. The fourth-order valence-electron chi connectivity index (χ4n) is 1.31. The van der Waals surface area contributed by atoms with Crippen molar-refractivity contribution in [2.24, 2.45) is 0 Å². The number of hydrogen-bond acceptors (Lipinski definition) is 1. The summed E-state index contributed by atoms with van der Waals surface area (Å²) in [5, 5.41) is 4.67. The maximum atomic E-state index is 2.71. The topological polar surface area (TPSA) is 3.24 Å². The Balaban J connectivity index is 1.96. The molecule has 3 aliphatic rings. The van der Waals surface area contributed by atoms with Crippen LogP contribution in [0.2, 0.25) is 16.0 Å². The Bertz CT molecular complexity index is 99.2. The quantitative estimate of drug-likeness (QED) is 0.543. The molecule has 0 N–H and O–H groups in total. The van der Waals surface area contributed by atoms with Crippen LogP contribution in [0.1, 0.15) is 0 Å². The van der Waals surface area contributed by atoms with Crippen LogP contribution < -0.4 is 0 Å². The molecule has 0 aromatic carbocycles. The number of nitrogens with zero attached hydrogens (tertiary/aromatic N) is 1. The number of hydrogen-bond donors (Lipinski definition) is 0. The third kappa shape index (κ3) is 2.77. The van der Waals surface area contributed by atoms with E-state index in [1.165, 1.54) is 22.8 Å². The first kappa shape index (κ1) is 9.15. The predicted octanol–water partition coefficient (Wildman–Crippen LogP) is -0.332. The molecular weight excluding hydrogens is 334 g/mol. The van der Waals surface area contributed by atoms with Gasteiger partial charge in [-0.2, -0.15) is 0 Å². The Morgan fingerprint density at radius 3 is 1.73 bits per heavy atom. The maximum absolute atomic E-state index is 2.71. The second kappa shape index (κ2) is 4.72. The Morgan fingerprint density at radius 1 is 0.818 bits per heavy atom. The first-order chi connectivity index (χ1) is 5.45. The van der Waals surface area contributed by atoms with Gasteiger partial charge in [0, 0.05) is 0 Å². The van der Waals surface area contributed by atoms with Crippen LogP contribution in [-0.4, -0.2) is 72.0 Å². The molecule has 0 unspecified atom stereocenters. The van der Waals surface area contributed by atoms with Crippen molar-refractivity contribution in [2.45, 2.75) is 16.0 Å². The summed E-state index contributed by atoms with van der Waals surface area (Å²) >= 11 is 3.12. The average Bonchev–Trinajstić information content (AvgIpc) is 1.80. The fourth-order valence-corrected chi connectivity index (χ4v) is 14.9. The van der Waals surface area contributed by atoms with Crippen molar-refractivity contribution >= 4 is 47.5 Å². The minimum absolute atomic E-state index is 1.04. The van der Waals surface area contributed by atoms with E-state index < -0.39 is 0 Å². The fraction of sp³-hybridized carbons (Fsp3) is 1.00. The third-order valence-electron chi connectivity index (χ3n) is 1.98. The molecule has 0 spiro atoms. The van der Waals surface area contributed by atoms with Crippen LogP contribution in [0.25, 0.3) is 0 Å². The van der Waals surface area contributed by atoms with Crippen LogP contribution in [0, 0.1) is 0 Å². The molecule has 3 heterocycles. The molecule has 62 valence electrons. The summed E-state index contributed by atoms with van der Waals surface area (Å²) in [7, 11) is 0. The molecule has 5 heteroatoms. The van der Waals surface area contributed by atoms with E-state index >= 15 is 0 Å². The van der Waals surface area contributed by atoms with Gasteiger partial charge in [-0.1, -0.05) is 0 Å². The summed E-state index contributed by atoms with van der Waals surface area (Å²) in [5.74, 6) is 0. The van der Waals surface area contributed by atoms with Gasteiger partial charge < -0.3 is 0 Å². The van der Waals surface area contributed by atoms with Crippen molar-refractivity contribution in [3.8, 4) is 0 Å². The summed E-state index contributed by atoms with van der Waals surface area (Å²) in [4.78, 5) is 2.71.